The van der Waals surface area contributed by atoms with Gasteiger partial charge in [0.25, 0.3) is 0 Å². The highest BCUT2D eigenvalue weighted by molar-refractivity contribution is 4.97. The van der Waals surface area contributed by atoms with Gasteiger partial charge in [-0.3, -0.25) is 0 Å². The van der Waals surface area contributed by atoms with E-state index in [1.165, 1.54) is 51.4 Å². The summed E-state index contributed by atoms with van der Waals surface area (Å²) in [5.74, 6) is 1.85. The molecule has 0 unspecified atom stereocenters. The highest BCUT2D eigenvalue weighted by Crippen LogP contribution is 2.29. The molecule has 88 valence electrons. The topological polar surface area (TPSA) is 0 Å². The van der Waals surface area contributed by atoms with Gasteiger partial charge in [0.15, 0.2) is 0 Å². The Morgan fingerprint density at radius 3 is 2.12 bits per heavy atom. The maximum Gasteiger partial charge on any atom is -0.0184 e. The molecule has 0 atom stereocenters. The van der Waals surface area contributed by atoms with Crippen LogP contribution in [-0.4, -0.2) is 0 Å². The van der Waals surface area contributed by atoms with Crippen LogP contribution in [0.25, 0.3) is 0 Å². The van der Waals surface area contributed by atoms with E-state index in [2.05, 4.69) is 13.0 Å². The third kappa shape index (κ3) is 6.66. The Labute approximate surface area is 101 Å². The summed E-state index contributed by atoms with van der Waals surface area (Å²) in [6.07, 6.45) is 11.5. The standard InChI is InChI=1S/C10H19.C6H5/c1-2-3-7-10-8-5-4-6-9-10;1-2-4-6-5-3-1/h2-9H2,1H3;1-5H. The third-order valence-corrected chi connectivity index (χ3v) is 3.05. The molecule has 0 nitrogen and oxygen atoms in total. The van der Waals surface area contributed by atoms with Crippen LogP contribution in [0.15, 0.2) is 30.3 Å². The molecule has 1 aliphatic rings. The second-order valence-electron chi connectivity index (χ2n) is 4.49. The smallest absolute Gasteiger partial charge is 0.0184 e. The zero-order valence-electron chi connectivity index (χ0n) is 10.5. The predicted molar refractivity (Wildman–Crippen MR) is 71.1 cm³/mol. The van der Waals surface area contributed by atoms with Crippen LogP contribution in [0.1, 0.15) is 58.3 Å². The van der Waals surface area contributed by atoms with Crippen molar-refractivity contribution in [2.45, 2.75) is 58.3 Å². The average Bonchev–Trinajstić information content (AvgIpc) is 2.40. The molecule has 2 radical (unpaired) electrons. The van der Waals surface area contributed by atoms with Crippen LogP contribution in [-0.2, 0) is 0 Å². The number of benzene rings is 1. The fourth-order valence-corrected chi connectivity index (χ4v) is 2.07. The molecule has 1 aromatic carbocycles. The van der Waals surface area contributed by atoms with Crippen molar-refractivity contribution in [3.05, 3.63) is 42.3 Å². The van der Waals surface area contributed by atoms with Crippen molar-refractivity contribution in [2.75, 3.05) is 0 Å². The lowest BCUT2D eigenvalue weighted by Gasteiger charge is -2.20. The van der Waals surface area contributed by atoms with Crippen molar-refractivity contribution in [1.82, 2.24) is 0 Å². The maximum absolute atomic E-state index is 2.89. The van der Waals surface area contributed by atoms with Gasteiger partial charge in [-0.1, -0.05) is 69.4 Å². The summed E-state index contributed by atoms with van der Waals surface area (Å²) in [4.78, 5) is 0. The summed E-state index contributed by atoms with van der Waals surface area (Å²) < 4.78 is 0. The van der Waals surface area contributed by atoms with Crippen LogP contribution in [0.2, 0.25) is 0 Å². The van der Waals surface area contributed by atoms with E-state index in [4.69, 9.17) is 0 Å². The Kier molecular flexibility index (Phi) is 7.84. The molecule has 0 aromatic heterocycles. The predicted octanol–water partition coefficient (Wildman–Crippen LogP) is 5.20. The largest absolute Gasteiger partial charge is 0.0654 e. The molecule has 0 spiro atoms. The molecule has 0 heteroatoms. The first-order valence-electron chi connectivity index (χ1n) is 6.68. The summed E-state index contributed by atoms with van der Waals surface area (Å²) in [5, 5.41) is 0. The molecular weight excluding hydrogens is 192 g/mol. The fraction of sp³-hybridized carbons (Fsp3) is 0.562. The molecule has 2 rings (SSSR count). The second kappa shape index (κ2) is 9.45. The van der Waals surface area contributed by atoms with E-state index in [1.807, 2.05) is 36.2 Å². The molecule has 1 saturated carbocycles. The molecule has 0 heterocycles. The minimum Gasteiger partial charge on any atom is -0.0654 e. The van der Waals surface area contributed by atoms with Crippen LogP contribution in [0.3, 0.4) is 0 Å². The van der Waals surface area contributed by atoms with E-state index in [-0.39, 0.29) is 0 Å². The minimum absolute atomic E-state index is 1.36. The van der Waals surface area contributed by atoms with E-state index >= 15 is 0 Å². The molecule has 0 aliphatic heterocycles. The second-order valence-corrected chi connectivity index (χ2v) is 4.49. The summed E-state index contributed by atoms with van der Waals surface area (Å²) >= 11 is 0. The van der Waals surface area contributed by atoms with Gasteiger partial charge in [0, 0.05) is 0 Å². The normalized spacial score (nSPS) is 16.3. The molecule has 0 bridgehead atoms. The van der Waals surface area contributed by atoms with Gasteiger partial charge in [0.1, 0.15) is 0 Å². The van der Waals surface area contributed by atoms with Gasteiger partial charge in [-0.15, -0.1) is 0 Å². The summed E-state index contributed by atoms with van der Waals surface area (Å²) in [7, 11) is 0. The molecule has 0 amide bonds. The van der Waals surface area contributed by atoms with Gasteiger partial charge in [0.05, 0.1) is 0 Å². The average molecular weight is 216 g/mol. The monoisotopic (exact) mass is 216 g/mol. The lowest BCUT2D eigenvalue weighted by Crippen LogP contribution is -2.03. The summed E-state index contributed by atoms with van der Waals surface area (Å²) in [6.45, 7) is 2.28. The Morgan fingerprint density at radius 2 is 1.69 bits per heavy atom. The van der Waals surface area contributed by atoms with E-state index in [0.717, 1.165) is 0 Å². The Bertz CT molecular complexity index is 194. The SMILES string of the molecule is CCCC[C]1CCCCC1.[c]1ccccc1. The van der Waals surface area contributed by atoms with Crippen LogP contribution in [0.5, 0.6) is 0 Å². The third-order valence-electron chi connectivity index (χ3n) is 3.05. The van der Waals surface area contributed by atoms with Crippen molar-refractivity contribution in [3.8, 4) is 0 Å². The lowest BCUT2D eigenvalue weighted by molar-refractivity contribution is 0.496. The van der Waals surface area contributed by atoms with Crippen LogP contribution in [0, 0.1) is 12.0 Å². The summed E-state index contributed by atoms with van der Waals surface area (Å²) in [6, 6.07) is 12.5. The number of hydrogen-bond donors (Lipinski definition) is 0. The lowest BCUT2D eigenvalue weighted by atomic mass is 9.86. The minimum atomic E-state index is 1.36. The van der Waals surface area contributed by atoms with Crippen LogP contribution < -0.4 is 0 Å². The number of rotatable bonds is 3. The van der Waals surface area contributed by atoms with Crippen LogP contribution in [0.4, 0.5) is 0 Å². The van der Waals surface area contributed by atoms with E-state index in [0.29, 0.717) is 0 Å². The van der Waals surface area contributed by atoms with Gasteiger partial charge in [0.2, 0.25) is 0 Å². The molecule has 1 fully saturated rings. The molecule has 0 N–H and O–H groups in total. The number of hydrogen-bond acceptors (Lipinski definition) is 0. The van der Waals surface area contributed by atoms with Gasteiger partial charge in [-0.05, 0) is 31.2 Å². The molecule has 1 aromatic rings. The highest BCUT2D eigenvalue weighted by atomic mass is 14.2. The summed E-state index contributed by atoms with van der Waals surface area (Å²) in [5.41, 5.74) is 0. The van der Waals surface area contributed by atoms with Crippen LogP contribution >= 0.6 is 0 Å². The zero-order valence-corrected chi connectivity index (χ0v) is 10.5. The van der Waals surface area contributed by atoms with Gasteiger partial charge >= 0.3 is 0 Å². The first-order chi connectivity index (χ1) is 7.93. The number of unbranched alkanes of at least 4 members (excludes halogenated alkanes) is 1. The molecule has 0 saturated heterocycles. The van der Waals surface area contributed by atoms with Gasteiger partial charge < -0.3 is 0 Å². The fourth-order valence-electron chi connectivity index (χ4n) is 2.07. The highest BCUT2D eigenvalue weighted by Gasteiger charge is 2.12. The molecular formula is C16H24. The van der Waals surface area contributed by atoms with Crippen molar-refractivity contribution >= 4 is 0 Å². The van der Waals surface area contributed by atoms with E-state index in [1.54, 1.807) is 0 Å². The van der Waals surface area contributed by atoms with Crippen molar-refractivity contribution in [2.24, 2.45) is 0 Å². The Balaban J connectivity index is 0.000000181. The maximum atomic E-state index is 2.89. The van der Waals surface area contributed by atoms with Crippen molar-refractivity contribution in [1.29, 1.82) is 0 Å². The Hall–Kier alpha value is -0.780. The van der Waals surface area contributed by atoms with Gasteiger partial charge in [-0.2, -0.15) is 0 Å². The molecule has 16 heavy (non-hydrogen) atoms. The van der Waals surface area contributed by atoms with Gasteiger partial charge in [-0.25, -0.2) is 0 Å². The first kappa shape index (κ1) is 13.3. The molecule has 1 aliphatic carbocycles. The quantitative estimate of drug-likeness (QED) is 0.651. The van der Waals surface area contributed by atoms with E-state index < -0.39 is 0 Å². The zero-order chi connectivity index (χ0) is 11.5. The first-order valence-corrected chi connectivity index (χ1v) is 6.68. The van der Waals surface area contributed by atoms with Crippen molar-refractivity contribution in [3.63, 3.8) is 0 Å². The van der Waals surface area contributed by atoms with Crippen molar-refractivity contribution < 1.29 is 0 Å². The van der Waals surface area contributed by atoms with E-state index in [9.17, 15) is 0 Å². The Morgan fingerprint density at radius 1 is 1.00 bits per heavy atom.